The van der Waals surface area contributed by atoms with Crippen LogP contribution in [0.5, 0.6) is 0 Å². The molecule has 1 aromatic heterocycles. The van der Waals surface area contributed by atoms with Gasteiger partial charge in [0.25, 0.3) is 0 Å². The van der Waals surface area contributed by atoms with Crippen molar-refractivity contribution in [2.24, 2.45) is 5.73 Å². The molecule has 0 atom stereocenters. The summed E-state index contributed by atoms with van der Waals surface area (Å²) in [5, 5.41) is 0. The van der Waals surface area contributed by atoms with Gasteiger partial charge in [-0.15, -0.1) is 0 Å². The largest absolute Gasteiger partial charge is 0.464 e. The van der Waals surface area contributed by atoms with E-state index in [1.54, 1.807) is 12.3 Å². The third kappa shape index (κ3) is 3.52. The highest BCUT2D eigenvalue weighted by Crippen LogP contribution is 2.04. The third-order valence-electron chi connectivity index (χ3n) is 1.82. The van der Waals surface area contributed by atoms with Gasteiger partial charge < -0.3 is 10.5 Å². The van der Waals surface area contributed by atoms with Crippen LogP contribution in [0.3, 0.4) is 0 Å². The Morgan fingerprint density at radius 3 is 2.93 bits per heavy atom. The summed E-state index contributed by atoms with van der Waals surface area (Å²) in [7, 11) is 1.33. The fourth-order valence-electron chi connectivity index (χ4n) is 1.04. The van der Waals surface area contributed by atoms with Gasteiger partial charge in [-0.05, 0) is 24.6 Å². The predicted octanol–water partition coefficient (Wildman–Crippen LogP) is 1.23. The van der Waals surface area contributed by atoms with E-state index < -0.39 is 5.97 Å². The number of nitrogens with zero attached hydrogens (tertiary/aromatic N) is 1. The first-order valence-corrected chi connectivity index (χ1v) is 4.69. The van der Waals surface area contributed by atoms with Crippen molar-refractivity contribution in [3.8, 4) is 0 Å². The van der Waals surface area contributed by atoms with Crippen LogP contribution in [0.15, 0.2) is 24.4 Å². The van der Waals surface area contributed by atoms with Gasteiger partial charge in [-0.1, -0.05) is 18.2 Å². The van der Waals surface area contributed by atoms with E-state index in [4.69, 9.17) is 5.73 Å². The van der Waals surface area contributed by atoms with Crippen LogP contribution >= 0.6 is 0 Å². The van der Waals surface area contributed by atoms with E-state index in [2.05, 4.69) is 9.72 Å². The Kier molecular flexibility index (Phi) is 4.50. The number of esters is 1. The van der Waals surface area contributed by atoms with Gasteiger partial charge in [-0.3, -0.25) is 0 Å². The molecule has 0 bridgehead atoms. The second-order valence-corrected chi connectivity index (χ2v) is 2.95. The minimum atomic E-state index is -0.424. The van der Waals surface area contributed by atoms with Gasteiger partial charge in [0.2, 0.25) is 0 Å². The average molecular weight is 206 g/mol. The van der Waals surface area contributed by atoms with Crippen molar-refractivity contribution in [2.45, 2.75) is 6.42 Å². The predicted molar refractivity (Wildman–Crippen MR) is 58.3 cm³/mol. The first kappa shape index (κ1) is 11.4. The molecule has 4 nitrogen and oxygen atoms in total. The van der Waals surface area contributed by atoms with Gasteiger partial charge in [0.1, 0.15) is 5.69 Å². The lowest BCUT2D eigenvalue weighted by Gasteiger charge is -1.98. The number of nitrogens with two attached hydrogens (primary N) is 1. The highest BCUT2D eigenvalue weighted by atomic mass is 16.5. The third-order valence-corrected chi connectivity index (χ3v) is 1.82. The fourth-order valence-corrected chi connectivity index (χ4v) is 1.04. The molecule has 1 rings (SSSR count). The summed E-state index contributed by atoms with van der Waals surface area (Å²) < 4.78 is 4.54. The fraction of sp³-hybridized carbons (Fsp3) is 0.273. The van der Waals surface area contributed by atoms with Crippen LogP contribution in [0.25, 0.3) is 6.08 Å². The lowest BCUT2D eigenvalue weighted by atomic mass is 10.2. The van der Waals surface area contributed by atoms with Gasteiger partial charge in [0, 0.05) is 6.20 Å². The maximum Gasteiger partial charge on any atom is 0.356 e. The summed E-state index contributed by atoms with van der Waals surface area (Å²) in [5.41, 5.74) is 6.60. The molecule has 4 heteroatoms. The first-order chi connectivity index (χ1) is 7.27. The van der Waals surface area contributed by atoms with Crippen molar-refractivity contribution < 1.29 is 9.53 Å². The molecule has 1 heterocycles. The summed E-state index contributed by atoms with van der Waals surface area (Å²) in [4.78, 5) is 15.0. The zero-order valence-corrected chi connectivity index (χ0v) is 8.64. The van der Waals surface area contributed by atoms with Gasteiger partial charge in [0.05, 0.1) is 7.11 Å². The Hall–Kier alpha value is -1.68. The molecule has 0 radical (unpaired) electrons. The molecule has 1 aromatic rings. The van der Waals surface area contributed by atoms with E-state index in [0.29, 0.717) is 12.2 Å². The Bertz CT molecular complexity index is 344. The monoisotopic (exact) mass is 206 g/mol. The van der Waals surface area contributed by atoms with Crippen LogP contribution < -0.4 is 5.73 Å². The molecule has 15 heavy (non-hydrogen) atoms. The molecule has 0 spiro atoms. The molecule has 0 saturated carbocycles. The minimum Gasteiger partial charge on any atom is -0.464 e. The normalized spacial score (nSPS) is 10.5. The molecule has 0 amide bonds. The van der Waals surface area contributed by atoms with Crippen LogP contribution in [0.4, 0.5) is 0 Å². The highest BCUT2D eigenvalue weighted by molar-refractivity contribution is 5.87. The SMILES string of the molecule is COC(=O)c1ccc(C=CCCN)cn1. The quantitative estimate of drug-likeness (QED) is 0.752. The van der Waals surface area contributed by atoms with Crippen LogP contribution in [-0.4, -0.2) is 24.6 Å². The minimum absolute atomic E-state index is 0.313. The van der Waals surface area contributed by atoms with Gasteiger partial charge >= 0.3 is 5.97 Å². The molecule has 0 aliphatic rings. The van der Waals surface area contributed by atoms with Crippen LogP contribution in [0.1, 0.15) is 22.5 Å². The van der Waals surface area contributed by atoms with Crippen molar-refractivity contribution in [3.63, 3.8) is 0 Å². The Morgan fingerprint density at radius 1 is 1.60 bits per heavy atom. The van der Waals surface area contributed by atoms with Crippen molar-refractivity contribution in [2.75, 3.05) is 13.7 Å². The second-order valence-electron chi connectivity index (χ2n) is 2.95. The molecular weight excluding hydrogens is 192 g/mol. The van der Waals surface area contributed by atoms with Gasteiger partial charge in [0.15, 0.2) is 0 Å². The molecule has 0 saturated heterocycles. The lowest BCUT2D eigenvalue weighted by Crippen LogP contribution is -2.03. The zero-order chi connectivity index (χ0) is 11.1. The van der Waals surface area contributed by atoms with Crippen molar-refractivity contribution in [3.05, 3.63) is 35.7 Å². The van der Waals surface area contributed by atoms with Crippen molar-refractivity contribution in [1.29, 1.82) is 0 Å². The zero-order valence-electron chi connectivity index (χ0n) is 8.64. The van der Waals surface area contributed by atoms with Crippen molar-refractivity contribution in [1.82, 2.24) is 4.98 Å². The summed E-state index contributed by atoms with van der Waals surface area (Å²) in [6.45, 7) is 0.629. The number of aromatic nitrogens is 1. The first-order valence-electron chi connectivity index (χ1n) is 4.69. The Labute approximate surface area is 88.8 Å². The van der Waals surface area contributed by atoms with E-state index >= 15 is 0 Å². The molecule has 2 N–H and O–H groups in total. The van der Waals surface area contributed by atoms with E-state index in [9.17, 15) is 4.79 Å². The molecule has 0 aliphatic carbocycles. The van der Waals surface area contributed by atoms with Crippen molar-refractivity contribution >= 4 is 12.0 Å². The standard InChI is InChI=1S/C11H14N2O2/c1-15-11(14)10-6-5-9(8-13-10)4-2-3-7-12/h2,4-6,8H,3,7,12H2,1H3. The number of hydrogen-bond acceptors (Lipinski definition) is 4. The van der Waals surface area contributed by atoms with Crippen LogP contribution in [-0.2, 0) is 4.74 Å². The molecule has 80 valence electrons. The average Bonchev–Trinajstić information content (AvgIpc) is 2.29. The van der Waals surface area contributed by atoms with Gasteiger partial charge in [-0.25, -0.2) is 9.78 Å². The smallest absolute Gasteiger partial charge is 0.356 e. The molecule has 0 aliphatic heterocycles. The lowest BCUT2D eigenvalue weighted by molar-refractivity contribution is 0.0594. The number of carbonyl (C=O) groups excluding carboxylic acids is 1. The molecular formula is C11H14N2O2. The van der Waals surface area contributed by atoms with E-state index in [1.165, 1.54) is 7.11 Å². The second kappa shape index (κ2) is 5.93. The number of hydrogen-bond donors (Lipinski definition) is 1. The summed E-state index contributed by atoms with van der Waals surface area (Å²) in [6.07, 6.45) is 6.34. The Morgan fingerprint density at radius 2 is 2.40 bits per heavy atom. The molecule has 0 unspecified atom stereocenters. The van der Waals surface area contributed by atoms with E-state index in [1.807, 2.05) is 18.2 Å². The number of carbonyl (C=O) groups is 1. The van der Waals surface area contributed by atoms with Crippen LogP contribution in [0.2, 0.25) is 0 Å². The topological polar surface area (TPSA) is 65.2 Å². The summed E-state index contributed by atoms with van der Waals surface area (Å²) in [6, 6.07) is 3.44. The van der Waals surface area contributed by atoms with E-state index in [0.717, 1.165) is 12.0 Å². The van der Waals surface area contributed by atoms with Crippen LogP contribution in [0, 0.1) is 0 Å². The van der Waals surface area contributed by atoms with Gasteiger partial charge in [-0.2, -0.15) is 0 Å². The molecule has 0 aromatic carbocycles. The number of methoxy groups -OCH3 is 1. The van der Waals surface area contributed by atoms with E-state index in [-0.39, 0.29) is 0 Å². The maximum atomic E-state index is 11.1. The summed E-state index contributed by atoms with van der Waals surface area (Å²) >= 11 is 0. The molecule has 0 fully saturated rings. The maximum absolute atomic E-state index is 11.1. The summed E-state index contributed by atoms with van der Waals surface area (Å²) in [5.74, 6) is -0.424. The Balaban J connectivity index is 2.68. The number of pyridine rings is 1. The number of rotatable bonds is 4. The highest BCUT2D eigenvalue weighted by Gasteiger charge is 2.04. The number of ether oxygens (including phenoxy) is 1.